The molecule has 1 aliphatic rings. The molecule has 114 valence electrons. The summed E-state index contributed by atoms with van der Waals surface area (Å²) in [5.41, 5.74) is 3.70. The van der Waals surface area contributed by atoms with Crippen molar-refractivity contribution < 1.29 is 14.4 Å². The van der Waals surface area contributed by atoms with Crippen molar-refractivity contribution >= 4 is 17.6 Å². The number of amides is 1. The van der Waals surface area contributed by atoms with Crippen LogP contribution in [0.15, 0.2) is 82.8 Å². The van der Waals surface area contributed by atoms with Gasteiger partial charge in [-0.1, -0.05) is 42.0 Å². The molecule has 2 aromatic carbocycles. The molecule has 0 unspecified atom stereocenters. The summed E-state index contributed by atoms with van der Waals surface area (Å²) in [6, 6.07) is 17.6. The van der Waals surface area contributed by atoms with Crippen LogP contribution < -0.4 is 10.6 Å². The quantitative estimate of drug-likeness (QED) is 0.696. The van der Waals surface area contributed by atoms with E-state index in [0.717, 1.165) is 0 Å². The lowest BCUT2D eigenvalue weighted by molar-refractivity contribution is -0.140. The van der Waals surface area contributed by atoms with E-state index in [1.807, 2.05) is 18.2 Å². The highest BCUT2D eigenvalue weighted by Gasteiger charge is 2.29. The topological polar surface area (TPSA) is 83.4 Å². The van der Waals surface area contributed by atoms with E-state index in [1.54, 1.807) is 42.5 Å². The molecule has 1 N–H and O–H groups in total. The minimum atomic E-state index is -0.611. The molecular formula is C16H12N4O3. The normalized spacial score (nSPS) is 16.1. The smallest absolute Gasteiger partial charge is 0.345 e. The number of nitrogens with one attached hydrogen (secondary N) is 1. The molecule has 2 aromatic rings. The predicted octanol–water partition coefficient (Wildman–Crippen LogP) is 2.60. The Kier molecular flexibility index (Phi) is 4.21. The fraction of sp³-hybridized carbons (Fsp3) is 0. The third kappa shape index (κ3) is 3.30. The highest BCUT2D eigenvalue weighted by molar-refractivity contribution is 5.95. The van der Waals surface area contributed by atoms with Crippen molar-refractivity contribution in [3.63, 3.8) is 0 Å². The Morgan fingerprint density at radius 3 is 2.39 bits per heavy atom. The Hall–Kier alpha value is -3.32. The number of nitrogens with zero attached hydrogens (tertiary/aromatic N) is 3. The first kappa shape index (κ1) is 14.6. The minimum absolute atomic E-state index is 0.126. The van der Waals surface area contributed by atoms with E-state index in [9.17, 15) is 9.59 Å². The van der Waals surface area contributed by atoms with Crippen molar-refractivity contribution in [1.29, 1.82) is 0 Å². The van der Waals surface area contributed by atoms with Crippen molar-refractivity contribution in [3.8, 4) is 0 Å². The maximum Gasteiger partial charge on any atom is 0.378 e. The van der Waals surface area contributed by atoms with Gasteiger partial charge in [-0.05, 0) is 24.3 Å². The first-order valence-electron chi connectivity index (χ1n) is 6.78. The van der Waals surface area contributed by atoms with Crippen LogP contribution in [0.5, 0.6) is 0 Å². The molecule has 1 heterocycles. The van der Waals surface area contributed by atoms with E-state index < -0.39 is 11.9 Å². The maximum atomic E-state index is 11.8. The van der Waals surface area contributed by atoms with E-state index in [-0.39, 0.29) is 5.70 Å². The monoisotopic (exact) mass is 308 g/mol. The van der Waals surface area contributed by atoms with Crippen LogP contribution in [0.25, 0.3) is 0 Å². The Bertz CT molecular complexity index is 772. The fourth-order valence-electron chi connectivity index (χ4n) is 1.93. The number of carbonyl (C=O) groups is 2. The van der Waals surface area contributed by atoms with Crippen molar-refractivity contribution in [3.05, 3.63) is 78.1 Å². The van der Waals surface area contributed by atoms with Crippen LogP contribution in [0.4, 0.5) is 5.69 Å². The lowest BCUT2D eigenvalue weighted by Gasteiger charge is -2.14. The van der Waals surface area contributed by atoms with Crippen LogP contribution >= 0.6 is 0 Å². The van der Waals surface area contributed by atoms with E-state index in [1.165, 1.54) is 11.2 Å². The number of hydrogen-bond donors (Lipinski definition) is 1. The maximum absolute atomic E-state index is 11.8. The van der Waals surface area contributed by atoms with Gasteiger partial charge < -0.3 is 4.84 Å². The lowest BCUT2D eigenvalue weighted by atomic mass is 10.2. The SMILES string of the molecule is O=C1ONN(c2ccccc2)/C1=C/N=NC(=O)c1ccccc1. The summed E-state index contributed by atoms with van der Waals surface area (Å²) in [7, 11) is 0. The average Bonchev–Trinajstić information content (AvgIpc) is 2.97. The second-order valence-electron chi connectivity index (χ2n) is 4.55. The largest absolute Gasteiger partial charge is 0.378 e. The van der Waals surface area contributed by atoms with Crippen LogP contribution in [0.1, 0.15) is 10.4 Å². The second kappa shape index (κ2) is 6.63. The molecule has 1 fully saturated rings. The standard InChI is InChI=1S/C16H12N4O3/c21-15(12-7-3-1-4-8-12)18-17-11-14-16(22)23-19-20(14)13-9-5-2-6-10-13/h1-11,19H/b14-11+,18-17?. The zero-order valence-electron chi connectivity index (χ0n) is 11.9. The van der Waals surface area contributed by atoms with E-state index in [2.05, 4.69) is 15.8 Å². The molecule has 0 atom stereocenters. The molecular weight excluding hydrogens is 296 g/mol. The molecule has 0 radical (unpaired) electrons. The minimum Gasteiger partial charge on any atom is -0.345 e. The highest BCUT2D eigenvalue weighted by atomic mass is 16.7. The van der Waals surface area contributed by atoms with Crippen LogP contribution in [0.2, 0.25) is 0 Å². The van der Waals surface area contributed by atoms with Gasteiger partial charge in [0.1, 0.15) is 0 Å². The molecule has 1 saturated heterocycles. The number of rotatable bonds is 3. The van der Waals surface area contributed by atoms with Gasteiger partial charge in [0.2, 0.25) is 0 Å². The summed E-state index contributed by atoms with van der Waals surface area (Å²) in [6.45, 7) is 0. The summed E-state index contributed by atoms with van der Waals surface area (Å²) >= 11 is 0. The van der Waals surface area contributed by atoms with Crippen molar-refractivity contribution in [2.24, 2.45) is 10.2 Å². The molecule has 0 aliphatic carbocycles. The van der Waals surface area contributed by atoms with Gasteiger partial charge in [-0.15, -0.1) is 5.11 Å². The molecule has 7 heteroatoms. The fourth-order valence-corrected chi connectivity index (χ4v) is 1.93. The number of para-hydroxylation sites is 1. The summed E-state index contributed by atoms with van der Waals surface area (Å²) in [4.78, 5) is 28.3. The van der Waals surface area contributed by atoms with Gasteiger partial charge in [0.15, 0.2) is 5.70 Å². The van der Waals surface area contributed by atoms with Gasteiger partial charge in [0, 0.05) is 5.56 Å². The number of anilines is 1. The van der Waals surface area contributed by atoms with Gasteiger partial charge in [0.05, 0.1) is 11.9 Å². The van der Waals surface area contributed by atoms with Gasteiger partial charge >= 0.3 is 5.97 Å². The highest BCUT2D eigenvalue weighted by Crippen LogP contribution is 2.21. The van der Waals surface area contributed by atoms with E-state index in [4.69, 9.17) is 4.84 Å². The molecule has 23 heavy (non-hydrogen) atoms. The van der Waals surface area contributed by atoms with Gasteiger partial charge in [0.25, 0.3) is 5.91 Å². The van der Waals surface area contributed by atoms with Crippen molar-refractivity contribution in [2.45, 2.75) is 0 Å². The summed E-state index contributed by atoms with van der Waals surface area (Å²) in [5, 5.41) is 8.67. The molecule has 7 nitrogen and oxygen atoms in total. The third-order valence-corrected chi connectivity index (χ3v) is 3.04. The molecule has 0 saturated carbocycles. The Morgan fingerprint density at radius 2 is 1.70 bits per heavy atom. The van der Waals surface area contributed by atoms with Crippen LogP contribution in [-0.2, 0) is 9.63 Å². The number of hydrazine groups is 1. The molecule has 0 spiro atoms. The van der Waals surface area contributed by atoms with Crippen molar-refractivity contribution in [1.82, 2.24) is 5.59 Å². The molecule has 0 aromatic heterocycles. The van der Waals surface area contributed by atoms with E-state index in [0.29, 0.717) is 11.3 Å². The van der Waals surface area contributed by atoms with Crippen LogP contribution in [0.3, 0.4) is 0 Å². The number of azo groups is 1. The van der Waals surface area contributed by atoms with Crippen molar-refractivity contribution in [2.75, 3.05) is 5.01 Å². The third-order valence-electron chi connectivity index (χ3n) is 3.04. The zero-order valence-corrected chi connectivity index (χ0v) is 11.9. The first-order valence-corrected chi connectivity index (χ1v) is 6.78. The summed E-state index contributed by atoms with van der Waals surface area (Å²) < 4.78 is 0. The predicted molar refractivity (Wildman–Crippen MR) is 81.9 cm³/mol. The Morgan fingerprint density at radius 1 is 1.04 bits per heavy atom. The Labute approximate surface area is 131 Å². The zero-order chi connectivity index (χ0) is 16.1. The van der Waals surface area contributed by atoms with Crippen LogP contribution in [0, 0.1) is 0 Å². The molecule has 3 rings (SSSR count). The van der Waals surface area contributed by atoms with Gasteiger partial charge in [-0.25, -0.2) is 9.80 Å². The number of benzene rings is 2. The summed E-state index contributed by atoms with van der Waals surface area (Å²) in [5.74, 6) is -1.10. The average molecular weight is 308 g/mol. The van der Waals surface area contributed by atoms with E-state index >= 15 is 0 Å². The molecule has 0 bridgehead atoms. The number of hydrogen-bond acceptors (Lipinski definition) is 6. The Balaban J connectivity index is 1.78. The van der Waals surface area contributed by atoms with Gasteiger partial charge in [-0.3, -0.25) is 4.79 Å². The molecule has 1 aliphatic heterocycles. The summed E-state index contributed by atoms with van der Waals surface area (Å²) in [6.07, 6.45) is 1.18. The first-order chi connectivity index (χ1) is 11.3. The molecule has 1 amide bonds. The van der Waals surface area contributed by atoms with Crippen LogP contribution in [-0.4, -0.2) is 11.9 Å². The lowest BCUT2D eigenvalue weighted by Crippen LogP contribution is -2.28. The van der Waals surface area contributed by atoms with Gasteiger partial charge in [-0.2, -0.15) is 5.11 Å². The number of carbonyl (C=O) groups excluding carboxylic acids is 2. The second-order valence-corrected chi connectivity index (χ2v) is 4.55.